The number of halogens is 1. The van der Waals surface area contributed by atoms with Crippen molar-refractivity contribution in [3.63, 3.8) is 0 Å². The van der Waals surface area contributed by atoms with Crippen LogP contribution in [-0.4, -0.2) is 16.0 Å². The summed E-state index contributed by atoms with van der Waals surface area (Å²) < 4.78 is 6.19. The van der Waals surface area contributed by atoms with Crippen LogP contribution in [0.3, 0.4) is 0 Å². The Morgan fingerprint density at radius 2 is 1.93 bits per heavy atom. The molecule has 2 aromatic heterocycles. The number of rotatable bonds is 4. The van der Waals surface area contributed by atoms with E-state index < -0.39 is 5.91 Å². The molecule has 1 amide bonds. The lowest BCUT2D eigenvalue weighted by molar-refractivity contribution is 0.0997. The molecule has 2 aromatic carbocycles. The maximum Gasteiger partial charge on any atom is 0.307 e. The van der Waals surface area contributed by atoms with Gasteiger partial charge in [-0.3, -0.25) is 19.4 Å². The average Bonchev–Trinajstić information content (AvgIpc) is 3.01. The summed E-state index contributed by atoms with van der Waals surface area (Å²) in [7, 11) is 0. The third kappa shape index (κ3) is 4.01. The Hall–Kier alpha value is -3.17. The number of aromatic amines is 1. The van der Waals surface area contributed by atoms with Crippen molar-refractivity contribution in [1.82, 2.24) is 4.98 Å². The van der Waals surface area contributed by atoms with Gasteiger partial charge in [0.2, 0.25) is 5.88 Å². The molecule has 146 valence electrons. The number of H-pyrrole nitrogens is 1. The van der Waals surface area contributed by atoms with Gasteiger partial charge in [0.1, 0.15) is 0 Å². The van der Waals surface area contributed by atoms with Crippen LogP contribution in [0, 0.1) is 0 Å². The number of aromatic nitrogens is 1. The normalized spacial score (nSPS) is 10.9. The van der Waals surface area contributed by atoms with Crippen LogP contribution in [0.4, 0.5) is 5.69 Å². The predicted molar refractivity (Wildman–Crippen MR) is 114 cm³/mol. The predicted octanol–water partition coefficient (Wildman–Crippen LogP) is 3.85. The summed E-state index contributed by atoms with van der Waals surface area (Å²) in [5.74, 6) is -0.774. The minimum Gasteiger partial charge on any atom is -0.494 e. The molecule has 0 saturated carbocycles. The summed E-state index contributed by atoms with van der Waals surface area (Å²) in [6.45, 7) is 0. The highest BCUT2D eigenvalue weighted by atomic mass is 79.9. The Bertz CT molecular complexity index is 1340. The first-order chi connectivity index (χ1) is 13.9. The Morgan fingerprint density at radius 3 is 2.62 bits per heavy atom. The van der Waals surface area contributed by atoms with Gasteiger partial charge in [0, 0.05) is 18.2 Å². The molecule has 4 aromatic rings. The summed E-state index contributed by atoms with van der Waals surface area (Å²) in [4.78, 5) is 38.6. The van der Waals surface area contributed by atoms with Crippen molar-refractivity contribution in [2.45, 2.75) is 6.42 Å². The Morgan fingerprint density at radius 1 is 1.17 bits per heavy atom. The average molecular weight is 473 g/mol. The van der Waals surface area contributed by atoms with E-state index in [0.717, 1.165) is 23.0 Å². The number of nitrogens with one attached hydrogen (secondary N) is 2. The molecular weight excluding hydrogens is 460 g/mol. The second-order valence-corrected chi connectivity index (χ2v) is 8.13. The zero-order chi connectivity index (χ0) is 20.5. The van der Waals surface area contributed by atoms with Gasteiger partial charge in [-0.2, -0.15) is 0 Å². The van der Waals surface area contributed by atoms with Crippen LogP contribution in [0.1, 0.15) is 21.0 Å². The Labute approximate surface area is 175 Å². The molecule has 0 fully saturated rings. The van der Waals surface area contributed by atoms with E-state index >= 15 is 0 Å². The molecule has 29 heavy (non-hydrogen) atoms. The number of fused-ring (bicyclic) bond motifs is 1. The molecule has 4 rings (SSSR count). The lowest BCUT2D eigenvalue weighted by Gasteiger charge is -2.07. The molecule has 0 saturated heterocycles. The first-order valence-corrected chi connectivity index (χ1v) is 10.1. The molecule has 0 unspecified atom stereocenters. The van der Waals surface area contributed by atoms with Gasteiger partial charge in [0.15, 0.2) is 16.8 Å². The smallest absolute Gasteiger partial charge is 0.307 e. The van der Waals surface area contributed by atoms with Gasteiger partial charge in [0.05, 0.1) is 14.7 Å². The summed E-state index contributed by atoms with van der Waals surface area (Å²) in [6.07, 6.45) is 0.386. The molecule has 0 aliphatic rings. The molecule has 3 N–H and O–H groups in total. The summed E-state index contributed by atoms with van der Waals surface area (Å²) >= 11 is 4.27. The van der Waals surface area contributed by atoms with Gasteiger partial charge in [0.25, 0.3) is 5.91 Å². The zero-order valence-corrected chi connectivity index (χ0v) is 17.1. The van der Waals surface area contributed by atoms with Crippen LogP contribution in [0.15, 0.2) is 67.0 Å². The van der Waals surface area contributed by atoms with Crippen molar-refractivity contribution in [3.8, 4) is 5.88 Å². The SMILES string of the molecule is O=C(Nc1ccc(Cc2sc(=O)[nH]c2O)cc1)c1cc(=O)c2cccc(Br)c2o1. The first kappa shape index (κ1) is 19.2. The van der Waals surface area contributed by atoms with E-state index in [1.165, 1.54) is 0 Å². The van der Waals surface area contributed by atoms with E-state index in [1.54, 1.807) is 42.5 Å². The highest BCUT2D eigenvalue weighted by Crippen LogP contribution is 2.24. The van der Waals surface area contributed by atoms with Gasteiger partial charge < -0.3 is 14.8 Å². The number of hydrogen-bond donors (Lipinski definition) is 3. The molecule has 7 nitrogen and oxygen atoms in total. The fourth-order valence-electron chi connectivity index (χ4n) is 2.81. The van der Waals surface area contributed by atoms with Gasteiger partial charge >= 0.3 is 4.87 Å². The van der Waals surface area contributed by atoms with Crippen molar-refractivity contribution in [2.24, 2.45) is 0 Å². The fourth-order valence-corrected chi connectivity index (χ4v) is 4.02. The van der Waals surface area contributed by atoms with Crippen molar-refractivity contribution >= 4 is 49.8 Å². The van der Waals surface area contributed by atoms with Crippen molar-refractivity contribution in [2.75, 3.05) is 5.32 Å². The minimum atomic E-state index is -0.547. The number of anilines is 1. The highest BCUT2D eigenvalue weighted by Gasteiger charge is 2.14. The maximum absolute atomic E-state index is 12.5. The van der Waals surface area contributed by atoms with Crippen LogP contribution < -0.4 is 15.6 Å². The topological polar surface area (TPSA) is 112 Å². The number of para-hydroxylation sites is 1. The largest absolute Gasteiger partial charge is 0.494 e. The number of aromatic hydroxyl groups is 1. The minimum absolute atomic E-state index is 0.0968. The highest BCUT2D eigenvalue weighted by molar-refractivity contribution is 9.10. The van der Waals surface area contributed by atoms with Gasteiger partial charge in [-0.25, -0.2) is 0 Å². The summed E-state index contributed by atoms with van der Waals surface area (Å²) in [5, 5.41) is 12.7. The van der Waals surface area contributed by atoms with Gasteiger partial charge in [-0.15, -0.1) is 0 Å². The number of benzene rings is 2. The number of carbonyl (C=O) groups excluding carboxylic acids is 1. The second kappa shape index (κ2) is 7.69. The third-order valence-corrected chi connectivity index (χ3v) is 5.70. The monoisotopic (exact) mass is 472 g/mol. The van der Waals surface area contributed by atoms with E-state index in [2.05, 4.69) is 26.2 Å². The lowest BCUT2D eigenvalue weighted by Crippen LogP contribution is -2.15. The Kier molecular flexibility index (Phi) is 5.08. The van der Waals surface area contributed by atoms with E-state index in [9.17, 15) is 19.5 Å². The molecule has 0 radical (unpaired) electrons. The fraction of sp³-hybridized carbons (Fsp3) is 0.0500. The van der Waals surface area contributed by atoms with Gasteiger partial charge in [-0.05, 0) is 45.8 Å². The number of amides is 1. The van der Waals surface area contributed by atoms with Crippen molar-refractivity contribution in [1.29, 1.82) is 0 Å². The maximum atomic E-state index is 12.5. The molecule has 0 atom stereocenters. The molecular formula is C20H13BrN2O5S. The van der Waals surface area contributed by atoms with E-state index in [4.69, 9.17) is 4.42 Å². The Balaban J connectivity index is 1.53. The second-order valence-electron chi connectivity index (χ2n) is 6.21. The first-order valence-electron chi connectivity index (χ1n) is 8.44. The molecule has 0 bridgehead atoms. The number of carbonyl (C=O) groups is 1. The van der Waals surface area contributed by atoms with Crippen LogP contribution in [0.2, 0.25) is 0 Å². The summed E-state index contributed by atoms with van der Waals surface area (Å²) in [6, 6.07) is 13.2. The number of hydrogen-bond acceptors (Lipinski definition) is 6. The van der Waals surface area contributed by atoms with E-state index in [-0.39, 0.29) is 21.9 Å². The zero-order valence-electron chi connectivity index (χ0n) is 14.7. The van der Waals surface area contributed by atoms with Crippen molar-refractivity contribution in [3.05, 3.63) is 89.1 Å². The quantitative estimate of drug-likeness (QED) is 0.417. The molecule has 9 heteroatoms. The standard InChI is InChI=1S/C20H13BrN2O5S/c21-13-3-1-2-12-14(24)9-15(28-17(12)13)18(25)22-11-6-4-10(5-7-11)8-16-19(26)23-20(27)29-16/h1-7,9,26H,8H2,(H,22,25)(H,23,27). The lowest BCUT2D eigenvalue weighted by atomic mass is 10.1. The van der Waals surface area contributed by atoms with Crippen LogP contribution in [0.25, 0.3) is 11.0 Å². The van der Waals surface area contributed by atoms with Crippen LogP contribution in [0.5, 0.6) is 5.88 Å². The van der Waals surface area contributed by atoms with E-state index in [1.807, 2.05) is 0 Å². The summed E-state index contributed by atoms with van der Waals surface area (Å²) in [5.41, 5.74) is 1.37. The van der Waals surface area contributed by atoms with Crippen molar-refractivity contribution < 1.29 is 14.3 Å². The van der Waals surface area contributed by atoms with Crippen LogP contribution in [-0.2, 0) is 6.42 Å². The molecule has 0 spiro atoms. The third-order valence-electron chi connectivity index (χ3n) is 4.21. The van der Waals surface area contributed by atoms with Gasteiger partial charge in [-0.1, -0.05) is 29.5 Å². The molecule has 0 aliphatic heterocycles. The van der Waals surface area contributed by atoms with E-state index in [0.29, 0.717) is 32.4 Å². The number of thiazole rings is 1. The molecule has 0 aliphatic carbocycles. The van der Waals surface area contributed by atoms with Crippen LogP contribution >= 0.6 is 27.3 Å². The molecule has 2 heterocycles.